The van der Waals surface area contributed by atoms with Gasteiger partial charge in [-0.2, -0.15) is 5.10 Å². The summed E-state index contributed by atoms with van der Waals surface area (Å²) in [5.41, 5.74) is 0.509. The van der Waals surface area contributed by atoms with E-state index < -0.39 is 0 Å². The minimum atomic E-state index is -0.267. The lowest BCUT2D eigenvalue weighted by Crippen LogP contribution is -2.32. The van der Waals surface area contributed by atoms with Gasteiger partial charge in [-0.1, -0.05) is 18.2 Å². The summed E-state index contributed by atoms with van der Waals surface area (Å²) >= 11 is 0. The molecule has 3 heterocycles. The van der Waals surface area contributed by atoms with Crippen LogP contribution in [0.1, 0.15) is 18.1 Å². The Morgan fingerprint density at radius 3 is 2.92 bits per heavy atom. The van der Waals surface area contributed by atoms with Crippen LogP contribution >= 0.6 is 0 Å². The maximum Gasteiger partial charge on any atom is 0.266 e. The van der Waals surface area contributed by atoms with Crippen LogP contribution in [0.5, 0.6) is 0 Å². The molecule has 4 rings (SSSR count). The number of benzene rings is 1. The first-order chi connectivity index (χ1) is 12.1. The Bertz CT molecular complexity index is 969. The minimum absolute atomic E-state index is 0.123. The number of aromatic nitrogens is 5. The Balaban J connectivity index is 1.55. The summed E-state index contributed by atoms with van der Waals surface area (Å²) in [6, 6.07) is 10.7. The van der Waals surface area contributed by atoms with E-state index in [1.54, 1.807) is 9.36 Å². The van der Waals surface area contributed by atoms with Gasteiger partial charge in [0.05, 0.1) is 18.2 Å². The fourth-order valence-corrected chi connectivity index (χ4v) is 3.14. The highest BCUT2D eigenvalue weighted by Crippen LogP contribution is 2.21. The van der Waals surface area contributed by atoms with Gasteiger partial charge in [-0.3, -0.25) is 14.7 Å². The summed E-state index contributed by atoms with van der Waals surface area (Å²) in [6.07, 6.45) is 1.43. The van der Waals surface area contributed by atoms with Crippen LogP contribution < -0.4 is 10.9 Å². The van der Waals surface area contributed by atoms with E-state index >= 15 is 0 Å². The number of aromatic amines is 1. The Morgan fingerprint density at radius 2 is 2.12 bits per heavy atom. The molecule has 1 unspecified atom stereocenters. The number of aryl methyl sites for hydroxylation is 2. The number of fused-ring (bicyclic) bond motifs is 1. The molecule has 0 saturated heterocycles. The van der Waals surface area contributed by atoms with Crippen molar-refractivity contribution in [1.29, 1.82) is 0 Å². The largest absolute Gasteiger partial charge is 0.310 e. The van der Waals surface area contributed by atoms with Crippen LogP contribution in [0.25, 0.3) is 5.69 Å². The van der Waals surface area contributed by atoms with Gasteiger partial charge in [0.2, 0.25) is 5.91 Å². The van der Waals surface area contributed by atoms with Gasteiger partial charge in [0.1, 0.15) is 17.5 Å². The molecular weight excluding hydrogens is 320 g/mol. The average molecular weight is 338 g/mol. The van der Waals surface area contributed by atoms with E-state index in [-0.39, 0.29) is 17.4 Å². The average Bonchev–Trinajstić information content (AvgIpc) is 3.16. The van der Waals surface area contributed by atoms with Crippen LogP contribution in [0.4, 0.5) is 5.82 Å². The van der Waals surface area contributed by atoms with Crippen LogP contribution in [-0.4, -0.2) is 30.5 Å². The number of carbonyl (C=O) groups excluding carboxylic acids is 1. The molecule has 1 aliphatic rings. The molecule has 0 saturated carbocycles. The standard InChI is InChI=1S/C17H18N6O2/c1-11-18-14-8-7-12(10-22(14)20-11)17(25)19-15-9-16(24)21-23(15)13-5-3-2-4-6-13/h2-6,9,12H,7-8,10H2,1H3,(H,19,25)(H,21,24). The smallest absolute Gasteiger partial charge is 0.266 e. The maximum absolute atomic E-state index is 12.7. The highest BCUT2D eigenvalue weighted by molar-refractivity contribution is 5.92. The van der Waals surface area contributed by atoms with Crippen molar-refractivity contribution in [1.82, 2.24) is 24.5 Å². The molecule has 0 spiro atoms. The fourth-order valence-electron chi connectivity index (χ4n) is 3.14. The summed E-state index contributed by atoms with van der Waals surface area (Å²) in [4.78, 5) is 28.8. The Kier molecular flexibility index (Phi) is 3.72. The first-order valence-corrected chi connectivity index (χ1v) is 8.19. The van der Waals surface area contributed by atoms with Gasteiger partial charge < -0.3 is 5.32 Å². The zero-order valence-electron chi connectivity index (χ0n) is 13.8. The molecule has 25 heavy (non-hydrogen) atoms. The van der Waals surface area contributed by atoms with Gasteiger partial charge >= 0.3 is 0 Å². The quantitative estimate of drug-likeness (QED) is 0.751. The van der Waals surface area contributed by atoms with E-state index in [9.17, 15) is 9.59 Å². The third-order valence-corrected chi connectivity index (χ3v) is 4.33. The first kappa shape index (κ1) is 15.4. The molecule has 8 heteroatoms. The third-order valence-electron chi connectivity index (χ3n) is 4.33. The number of rotatable bonds is 3. The topological polar surface area (TPSA) is 97.6 Å². The zero-order valence-corrected chi connectivity index (χ0v) is 13.8. The van der Waals surface area contributed by atoms with Crippen molar-refractivity contribution in [3.05, 3.63) is 58.4 Å². The second-order valence-corrected chi connectivity index (χ2v) is 6.16. The van der Waals surface area contributed by atoms with E-state index in [0.29, 0.717) is 18.8 Å². The molecule has 1 amide bonds. The van der Waals surface area contributed by atoms with Gasteiger partial charge in [0, 0.05) is 12.5 Å². The number of H-pyrrole nitrogens is 1. The van der Waals surface area contributed by atoms with Crippen LogP contribution in [0.3, 0.4) is 0 Å². The molecule has 1 aliphatic heterocycles. The Labute approximate surface area is 143 Å². The molecule has 0 radical (unpaired) electrons. The van der Waals surface area contributed by atoms with E-state index in [1.807, 2.05) is 37.3 Å². The van der Waals surface area contributed by atoms with Gasteiger partial charge in [0.15, 0.2) is 0 Å². The van der Waals surface area contributed by atoms with Crippen molar-refractivity contribution in [2.24, 2.45) is 5.92 Å². The Morgan fingerprint density at radius 1 is 1.32 bits per heavy atom. The fraction of sp³-hybridized carbons (Fsp3) is 0.294. The summed E-state index contributed by atoms with van der Waals surface area (Å²) < 4.78 is 3.37. The van der Waals surface area contributed by atoms with Gasteiger partial charge in [0.25, 0.3) is 5.56 Å². The van der Waals surface area contributed by atoms with Crippen molar-refractivity contribution in [2.45, 2.75) is 26.3 Å². The number of amides is 1. The van der Waals surface area contributed by atoms with E-state index in [2.05, 4.69) is 20.5 Å². The van der Waals surface area contributed by atoms with E-state index in [4.69, 9.17) is 0 Å². The molecular formula is C17H18N6O2. The van der Waals surface area contributed by atoms with Crippen molar-refractivity contribution < 1.29 is 4.79 Å². The molecule has 128 valence electrons. The van der Waals surface area contributed by atoms with Crippen LogP contribution in [-0.2, 0) is 17.8 Å². The predicted octanol–water partition coefficient (Wildman–Crippen LogP) is 1.27. The molecule has 2 aromatic heterocycles. The molecule has 0 bridgehead atoms. The number of nitrogens with zero attached hydrogens (tertiary/aromatic N) is 4. The summed E-state index contributed by atoms with van der Waals surface area (Å²) in [6.45, 7) is 2.35. The van der Waals surface area contributed by atoms with E-state index in [1.165, 1.54) is 6.07 Å². The summed E-state index contributed by atoms with van der Waals surface area (Å²) in [5, 5.41) is 9.90. The number of hydrogen-bond donors (Lipinski definition) is 2. The van der Waals surface area contributed by atoms with Crippen LogP contribution in [0.2, 0.25) is 0 Å². The lowest BCUT2D eigenvalue weighted by molar-refractivity contribution is -0.120. The lowest BCUT2D eigenvalue weighted by atomic mass is 9.99. The summed E-state index contributed by atoms with van der Waals surface area (Å²) in [5.74, 6) is 1.75. The number of hydrogen-bond acceptors (Lipinski definition) is 4. The normalized spacial score (nSPS) is 16.4. The molecule has 1 atom stereocenters. The Hall–Kier alpha value is -3.16. The molecule has 0 fully saturated rings. The van der Waals surface area contributed by atoms with Crippen LogP contribution in [0.15, 0.2) is 41.2 Å². The van der Waals surface area contributed by atoms with Crippen molar-refractivity contribution >= 4 is 11.7 Å². The number of para-hydroxylation sites is 1. The minimum Gasteiger partial charge on any atom is -0.310 e. The van der Waals surface area contributed by atoms with E-state index in [0.717, 1.165) is 23.8 Å². The lowest BCUT2D eigenvalue weighted by Gasteiger charge is -2.22. The number of carbonyl (C=O) groups is 1. The van der Waals surface area contributed by atoms with Gasteiger partial charge in [-0.25, -0.2) is 14.3 Å². The van der Waals surface area contributed by atoms with Crippen molar-refractivity contribution in [2.75, 3.05) is 5.32 Å². The molecule has 8 nitrogen and oxygen atoms in total. The third kappa shape index (κ3) is 2.98. The molecule has 2 N–H and O–H groups in total. The maximum atomic E-state index is 12.7. The van der Waals surface area contributed by atoms with Crippen molar-refractivity contribution in [3.63, 3.8) is 0 Å². The first-order valence-electron chi connectivity index (χ1n) is 8.19. The predicted molar refractivity (Wildman–Crippen MR) is 91.6 cm³/mol. The van der Waals surface area contributed by atoms with Gasteiger partial charge in [-0.05, 0) is 25.5 Å². The number of nitrogens with one attached hydrogen (secondary N) is 2. The zero-order chi connectivity index (χ0) is 17.4. The van der Waals surface area contributed by atoms with Crippen molar-refractivity contribution in [3.8, 4) is 5.69 Å². The second kappa shape index (κ2) is 6.04. The number of anilines is 1. The van der Waals surface area contributed by atoms with Gasteiger partial charge in [-0.15, -0.1) is 0 Å². The highest BCUT2D eigenvalue weighted by Gasteiger charge is 2.27. The molecule has 1 aromatic carbocycles. The molecule has 3 aromatic rings. The second-order valence-electron chi connectivity index (χ2n) is 6.16. The molecule has 0 aliphatic carbocycles. The summed E-state index contributed by atoms with van der Waals surface area (Å²) in [7, 11) is 0. The highest BCUT2D eigenvalue weighted by atomic mass is 16.2. The monoisotopic (exact) mass is 338 g/mol. The SMILES string of the molecule is Cc1nc2n(n1)CC(C(=O)Nc1cc(=O)[nH]n1-c1ccccc1)CC2. The van der Waals surface area contributed by atoms with Crippen LogP contribution in [0, 0.1) is 12.8 Å².